The van der Waals surface area contributed by atoms with E-state index in [1.807, 2.05) is 25.3 Å². The Bertz CT molecular complexity index is 612. The fraction of sp³-hybridized carbons (Fsp3) is 0.375. The summed E-state index contributed by atoms with van der Waals surface area (Å²) < 4.78 is 11.2. The molecule has 0 aliphatic heterocycles. The van der Waals surface area contributed by atoms with Crippen molar-refractivity contribution in [2.24, 2.45) is 5.73 Å². The third-order valence-corrected chi connectivity index (χ3v) is 4.61. The van der Waals surface area contributed by atoms with Gasteiger partial charge in [0.2, 0.25) is 0 Å². The van der Waals surface area contributed by atoms with Gasteiger partial charge in [-0.15, -0.1) is 11.3 Å². The van der Waals surface area contributed by atoms with E-state index < -0.39 is 0 Å². The molecule has 0 amide bonds. The van der Waals surface area contributed by atoms with Gasteiger partial charge in [0.25, 0.3) is 0 Å². The van der Waals surface area contributed by atoms with Gasteiger partial charge in [0.05, 0.1) is 19.3 Å². The number of hydrogen-bond donors (Lipinski definition) is 1. The van der Waals surface area contributed by atoms with E-state index in [1.165, 1.54) is 5.56 Å². The highest BCUT2D eigenvalue weighted by molar-refractivity contribution is 7.10. The number of hydrogen-bond acceptors (Lipinski definition) is 4. The maximum atomic E-state index is 6.39. The molecule has 1 aromatic heterocycles. The first-order valence-electron chi connectivity index (χ1n) is 6.97. The van der Waals surface area contributed by atoms with Gasteiger partial charge >= 0.3 is 0 Å². The number of ether oxygens (including phenoxy) is 2. The number of thiophene rings is 1. The Hall–Kier alpha value is -1.23. The van der Waals surface area contributed by atoms with Crippen molar-refractivity contribution in [2.75, 3.05) is 13.2 Å². The molecule has 0 fully saturated rings. The van der Waals surface area contributed by atoms with E-state index in [0.717, 1.165) is 10.4 Å². The Balaban J connectivity index is 2.44. The molecule has 0 saturated heterocycles. The SMILES string of the molecule is CCOc1cc(Cl)c(C(N)c2sccc2C)cc1OCC. The molecule has 1 atom stereocenters. The summed E-state index contributed by atoms with van der Waals surface area (Å²) in [5, 5.41) is 2.64. The van der Waals surface area contributed by atoms with E-state index in [1.54, 1.807) is 17.4 Å². The van der Waals surface area contributed by atoms with Crippen molar-refractivity contribution in [3.05, 3.63) is 44.6 Å². The van der Waals surface area contributed by atoms with Crippen molar-refractivity contribution in [2.45, 2.75) is 26.8 Å². The minimum absolute atomic E-state index is 0.257. The summed E-state index contributed by atoms with van der Waals surface area (Å²) in [6.45, 7) is 7.05. The minimum Gasteiger partial charge on any atom is -0.490 e. The van der Waals surface area contributed by atoms with Crippen LogP contribution in [0.5, 0.6) is 11.5 Å². The molecule has 1 heterocycles. The van der Waals surface area contributed by atoms with E-state index in [2.05, 4.69) is 13.0 Å². The molecule has 2 rings (SSSR count). The summed E-state index contributed by atoms with van der Waals surface area (Å²) in [5.74, 6) is 1.34. The highest BCUT2D eigenvalue weighted by Crippen LogP contribution is 2.39. The molecule has 0 spiro atoms. The zero-order chi connectivity index (χ0) is 15.4. The molecule has 0 aliphatic rings. The first-order chi connectivity index (χ1) is 10.1. The van der Waals surface area contributed by atoms with Crippen LogP contribution in [0.1, 0.15) is 35.9 Å². The van der Waals surface area contributed by atoms with Gasteiger partial charge < -0.3 is 15.2 Å². The number of halogens is 1. The molecule has 0 bridgehead atoms. The average Bonchev–Trinajstić information content (AvgIpc) is 2.87. The third kappa shape index (κ3) is 3.51. The number of aryl methyl sites for hydroxylation is 1. The van der Waals surface area contributed by atoms with Crippen molar-refractivity contribution in [3.8, 4) is 11.5 Å². The van der Waals surface area contributed by atoms with E-state index in [0.29, 0.717) is 29.7 Å². The van der Waals surface area contributed by atoms with Crippen LogP contribution in [0.4, 0.5) is 0 Å². The highest BCUT2D eigenvalue weighted by atomic mass is 35.5. The summed E-state index contributed by atoms with van der Waals surface area (Å²) in [6, 6.07) is 5.48. The van der Waals surface area contributed by atoms with E-state index in [4.69, 9.17) is 26.8 Å². The van der Waals surface area contributed by atoms with E-state index in [9.17, 15) is 0 Å². The molecule has 114 valence electrons. The van der Waals surface area contributed by atoms with E-state index in [-0.39, 0.29) is 6.04 Å². The lowest BCUT2D eigenvalue weighted by molar-refractivity contribution is 0.287. The second-order valence-electron chi connectivity index (χ2n) is 4.63. The van der Waals surface area contributed by atoms with Crippen LogP contribution in [0.2, 0.25) is 5.02 Å². The van der Waals surface area contributed by atoms with Gasteiger partial charge in [-0.25, -0.2) is 0 Å². The Morgan fingerprint density at radius 1 is 1.19 bits per heavy atom. The molecule has 2 N–H and O–H groups in total. The van der Waals surface area contributed by atoms with Gasteiger partial charge in [0.1, 0.15) is 0 Å². The van der Waals surface area contributed by atoms with Gasteiger partial charge in [-0.2, -0.15) is 0 Å². The van der Waals surface area contributed by atoms with Gasteiger partial charge in [-0.3, -0.25) is 0 Å². The molecule has 1 aromatic carbocycles. The fourth-order valence-corrected chi connectivity index (χ4v) is 3.39. The number of rotatable bonds is 6. The first-order valence-corrected chi connectivity index (χ1v) is 8.22. The number of benzene rings is 1. The predicted molar refractivity (Wildman–Crippen MR) is 88.9 cm³/mol. The van der Waals surface area contributed by atoms with Crippen LogP contribution in [0.3, 0.4) is 0 Å². The van der Waals surface area contributed by atoms with Crippen molar-refractivity contribution < 1.29 is 9.47 Å². The van der Waals surface area contributed by atoms with Crippen LogP contribution in [0.25, 0.3) is 0 Å². The highest BCUT2D eigenvalue weighted by Gasteiger charge is 2.19. The van der Waals surface area contributed by atoms with Gasteiger partial charge in [0.15, 0.2) is 11.5 Å². The lowest BCUT2D eigenvalue weighted by atomic mass is 10.0. The topological polar surface area (TPSA) is 44.5 Å². The normalized spacial score (nSPS) is 12.2. The zero-order valence-electron chi connectivity index (χ0n) is 12.5. The lowest BCUT2D eigenvalue weighted by Gasteiger charge is -2.18. The summed E-state index contributed by atoms with van der Waals surface area (Å²) in [7, 11) is 0. The second kappa shape index (κ2) is 7.16. The van der Waals surface area contributed by atoms with Crippen molar-refractivity contribution in [1.82, 2.24) is 0 Å². The maximum Gasteiger partial charge on any atom is 0.162 e. The van der Waals surface area contributed by atoms with Crippen LogP contribution >= 0.6 is 22.9 Å². The van der Waals surface area contributed by atoms with Crippen LogP contribution in [-0.4, -0.2) is 13.2 Å². The smallest absolute Gasteiger partial charge is 0.162 e. The molecule has 0 aliphatic carbocycles. The Labute approximate surface area is 134 Å². The van der Waals surface area contributed by atoms with Gasteiger partial charge in [-0.05, 0) is 49.4 Å². The molecule has 21 heavy (non-hydrogen) atoms. The largest absolute Gasteiger partial charge is 0.490 e. The Morgan fingerprint density at radius 3 is 2.33 bits per heavy atom. The summed E-state index contributed by atoms with van der Waals surface area (Å²) in [5.41, 5.74) is 8.41. The van der Waals surface area contributed by atoms with Crippen LogP contribution in [-0.2, 0) is 0 Å². The predicted octanol–water partition coefficient (Wildman–Crippen LogP) is 4.56. The molecular weight excluding hydrogens is 306 g/mol. The summed E-state index contributed by atoms with van der Waals surface area (Å²) >= 11 is 8.03. The standard InChI is InChI=1S/C16H20ClNO2S/c1-4-19-13-8-11(12(17)9-14(13)20-5-2)15(18)16-10(3)6-7-21-16/h6-9,15H,4-5,18H2,1-3H3. The lowest BCUT2D eigenvalue weighted by Crippen LogP contribution is -2.12. The maximum absolute atomic E-state index is 6.39. The van der Waals surface area contributed by atoms with Crippen LogP contribution < -0.4 is 15.2 Å². The van der Waals surface area contributed by atoms with E-state index >= 15 is 0 Å². The van der Waals surface area contributed by atoms with Crippen molar-refractivity contribution >= 4 is 22.9 Å². The molecule has 2 aromatic rings. The Kier molecular flexibility index (Phi) is 5.51. The zero-order valence-corrected chi connectivity index (χ0v) is 14.1. The molecular formula is C16H20ClNO2S. The van der Waals surface area contributed by atoms with Gasteiger partial charge in [0, 0.05) is 16.0 Å². The van der Waals surface area contributed by atoms with Crippen molar-refractivity contribution in [3.63, 3.8) is 0 Å². The van der Waals surface area contributed by atoms with Gasteiger partial charge in [-0.1, -0.05) is 11.6 Å². The number of nitrogens with two attached hydrogens (primary N) is 1. The molecule has 5 heteroatoms. The van der Waals surface area contributed by atoms with Crippen LogP contribution in [0.15, 0.2) is 23.6 Å². The summed E-state index contributed by atoms with van der Waals surface area (Å²) in [6.07, 6.45) is 0. The molecule has 0 saturated carbocycles. The molecule has 3 nitrogen and oxygen atoms in total. The molecule has 0 radical (unpaired) electrons. The first kappa shape index (κ1) is 16.1. The fourth-order valence-electron chi connectivity index (χ4n) is 2.17. The minimum atomic E-state index is -0.257. The average molecular weight is 326 g/mol. The van der Waals surface area contributed by atoms with Crippen molar-refractivity contribution in [1.29, 1.82) is 0 Å². The van der Waals surface area contributed by atoms with Crippen LogP contribution in [0, 0.1) is 6.92 Å². The second-order valence-corrected chi connectivity index (χ2v) is 5.99. The monoisotopic (exact) mass is 325 g/mol. The Morgan fingerprint density at radius 2 is 1.81 bits per heavy atom. The molecule has 1 unspecified atom stereocenters. The third-order valence-electron chi connectivity index (χ3n) is 3.18. The quantitative estimate of drug-likeness (QED) is 0.847. The summed E-state index contributed by atoms with van der Waals surface area (Å²) in [4.78, 5) is 1.11.